The predicted octanol–water partition coefficient (Wildman–Crippen LogP) is 4.43. The summed E-state index contributed by atoms with van der Waals surface area (Å²) in [4.78, 5) is 25.5. The van der Waals surface area contributed by atoms with Gasteiger partial charge in [-0.3, -0.25) is 9.59 Å². The van der Waals surface area contributed by atoms with Gasteiger partial charge in [0.1, 0.15) is 5.92 Å². The normalized spacial score (nSPS) is 18.0. The van der Waals surface area contributed by atoms with Crippen molar-refractivity contribution in [2.24, 2.45) is 17.8 Å². The maximum absolute atomic E-state index is 13.0. The standard InChI is InChI=1S/C20H26O3/c1-3-17(15-11-7-5-8-12-15)18(20(22)23-4-2)19(21)16-13-9-6-10-14-16/h3,6,9-10,13-15,17-18H,1,4-5,7-8,11-12H2,2H3/t17-,18+/m0/s1. The van der Waals surface area contributed by atoms with Gasteiger partial charge in [-0.05, 0) is 25.7 Å². The van der Waals surface area contributed by atoms with Gasteiger partial charge in [-0.2, -0.15) is 0 Å². The highest BCUT2D eigenvalue weighted by Crippen LogP contribution is 2.36. The van der Waals surface area contributed by atoms with Crippen molar-refractivity contribution < 1.29 is 14.3 Å². The summed E-state index contributed by atoms with van der Waals surface area (Å²) in [5.41, 5.74) is 0.563. The lowest BCUT2D eigenvalue weighted by Gasteiger charge is -2.32. The number of benzene rings is 1. The fraction of sp³-hybridized carbons (Fsp3) is 0.500. The second-order valence-electron chi connectivity index (χ2n) is 6.17. The van der Waals surface area contributed by atoms with Gasteiger partial charge in [0.2, 0.25) is 0 Å². The van der Waals surface area contributed by atoms with Crippen LogP contribution in [0.1, 0.15) is 49.4 Å². The molecule has 1 aliphatic rings. The van der Waals surface area contributed by atoms with Crippen LogP contribution in [0, 0.1) is 17.8 Å². The summed E-state index contributed by atoms with van der Waals surface area (Å²) in [7, 11) is 0. The third-order valence-corrected chi connectivity index (χ3v) is 4.73. The molecule has 0 radical (unpaired) electrons. The summed E-state index contributed by atoms with van der Waals surface area (Å²) in [5, 5.41) is 0. The van der Waals surface area contributed by atoms with Crippen molar-refractivity contribution in [3.05, 3.63) is 48.6 Å². The van der Waals surface area contributed by atoms with E-state index < -0.39 is 11.9 Å². The van der Waals surface area contributed by atoms with Crippen LogP contribution >= 0.6 is 0 Å². The molecule has 0 spiro atoms. The van der Waals surface area contributed by atoms with Crippen molar-refractivity contribution in [2.45, 2.75) is 39.0 Å². The van der Waals surface area contributed by atoms with Crippen LogP contribution in [0.4, 0.5) is 0 Å². The second-order valence-corrected chi connectivity index (χ2v) is 6.17. The summed E-state index contributed by atoms with van der Waals surface area (Å²) in [6.45, 7) is 5.97. The van der Waals surface area contributed by atoms with Gasteiger partial charge < -0.3 is 4.74 Å². The minimum absolute atomic E-state index is 0.151. The number of hydrogen-bond donors (Lipinski definition) is 0. The third-order valence-electron chi connectivity index (χ3n) is 4.73. The van der Waals surface area contributed by atoms with Crippen LogP contribution in [0.3, 0.4) is 0 Å². The van der Waals surface area contributed by atoms with E-state index in [9.17, 15) is 9.59 Å². The van der Waals surface area contributed by atoms with E-state index in [0.29, 0.717) is 11.5 Å². The van der Waals surface area contributed by atoms with Crippen molar-refractivity contribution in [2.75, 3.05) is 6.61 Å². The molecule has 23 heavy (non-hydrogen) atoms. The van der Waals surface area contributed by atoms with E-state index in [1.807, 2.05) is 18.2 Å². The Morgan fingerprint density at radius 2 is 1.87 bits per heavy atom. The topological polar surface area (TPSA) is 43.4 Å². The fourth-order valence-corrected chi connectivity index (χ4v) is 3.57. The van der Waals surface area contributed by atoms with Crippen LogP contribution in [-0.4, -0.2) is 18.4 Å². The summed E-state index contributed by atoms with van der Waals surface area (Å²) in [5.74, 6) is -1.17. The van der Waals surface area contributed by atoms with Crippen LogP contribution in [0.2, 0.25) is 0 Å². The van der Waals surface area contributed by atoms with E-state index in [2.05, 4.69) is 6.58 Å². The molecule has 2 rings (SSSR count). The van der Waals surface area contributed by atoms with Crippen LogP contribution in [-0.2, 0) is 9.53 Å². The van der Waals surface area contributed by atoms with Gasteiger partial charge in [-0.15, -0.1) is 6.58 Å². The van der Waals surface area contributed by atoms with E-state index in [-0.39, 0.29) is 18.3 Å². The maximum atomic E-state index is 13.0. The number of ketones is 1. The smallest absolute Gasteiger partial charge is 0.317 e. The second kappa shape index (κ2) is 8.66. The summed E-state index contributed by atoms with van der Waals surface area (Å²) >= 11 is 0. The van der Waals surface area contributed by atoms with E-state index in [1.54, 1.807) is 25.1 Å². The SMILES string of the molecule is C=C[C@@H](C1CCCCC1)[C@@H](C(=O)OCC)C(=O)c1ccccc1. The Bertz CT molecular complexity index is 529. The zero-order valence-corrected chi connectivity index (χ0v) is 13.9. The monoisotopic (exact) mass is 314 g/mol. The Labute approximate surface area is 138 Å². The number of esters is 1. The lowest BCUT2D eigenvalue weighted by Crippen LogP contribution is -2.36. The van der Waals surface area contributed by atoms with Gasteiger partial charge in [0.25, 0.3) is 0 Å². The largest absolute Gasteiger partial charge is 0.465 e. The van der Waals surface area contributed by atoms with Crippen molar-refractivity contribution in [1.29, 1.82) is 0 Å². The van der Waals surface area contributed by atoms with Gasteiger partial charge in [0, 0.05) is 11.5 Å². The lowest BCUT2D eigenvalue weighted by atomic mass is 9.72. The van der Waals surface area contributed by atoms with Crippen molar-refractivity contribution in [1.82, 2.24) is 0 Å². The fourth-order valence-electron chi connectivity index (χ4n) is 3.57. The van der Waals surface area contributed by atoms with Crippen LogP contribution in [0.15, 0.2) is 43.0 Å². The van der Waals surface area contributed by atoms with Crippen LogP contribution in [0.5, 0.6) is 0 Å². The Balaban J connectivity index is 2.29. The molecule has 0 aliphatic heterocycles. The first kappa shape index (κ1) is 17.5. The molecule has 0 heterocycles. The highest BCUT2D eigenvalue weighted by Gasteiger charge is 2.39. The Morgan fingerprint density at radius 1 is 1.22 bits per heavy atom. The van der Waals surface area contributed by atoms with Gasteiger partial charge in [0.15, 0.2) is 5.78 Å². The van der Waals surface area contributed by atoms with Gasteiger partial charge in [-0.25, -0.2) is 0 Å². The van der Waals surface area contributed by atoms with Gasteiger partial charge in [-0.1, -0.05) is 55.7 Å². The van der Waals surface area contributed by atoms with Crippen LogP contribution < -0.4 is 0 Å². The van der Waals surface area contributed by atoms with E-state index in [0.717, 1.165) is 25.7 Å². The molecule has 0 amide bonds. The average Bonchev–Trinajstić information content (AvgIpc) is 2.60. The first-order valence-electron chi connectivity index (χ1n) is 8.57. The Morgan fingerprint density at radius 3 is 2.43 bits per heavy atom. The Hall–Kier alpha value is -1.90. The molecule has 1 aliphatic carbocycles. The lowest BCUT2D eigenvalue weighted by molar-refractivity contribution is -0.148. The number of ether oxygens (including phenoxy) is 1. The summed E-state index contributed by atoms with van der Waals surface area (Å²) < 4.78 is 5.21. The van der Waals surface area contributed by atoms with Crippen LogP contribution in [0.25, 0.3) is 0 Å². The zero-order valence-electron chi connectivity index (χ0n) is 13.9. The van der Waals surface area contributed by atoms with E-state index >= 15 is 0 Å². The van der Waals surface area contributed by atoms with Crippen molar-refractivity contribution in [3.8, 4) is 0 Å². The number of carbonyl (C=O) groups is 2. The molecule has 0 bridgehead atoms. The molecule has 1 aromatic rings. The molecule has 0 aromatic heterocycles. The third kappa shape index (κ3) is 4.31. The number of carbonyl (C=O) groups excluding carboxylic acids is 2. The minimum Gasteiger partial charge on any atom is -0.465 e. The molecule has 3 nitrogen and oxygen atoms in total. The molecule has 3 heteroatoms. The quantitative estimate of drug-likeness (QED) is 0.323. The predicted molar refractivity (Wildman–Crippen MR) is 91.2 cm³/mol. The summed E-state index contributed by atoms with van der Waals surface area (Å²) in [6.07, 6.45) is 7.44. The van der Waals surface area contributed by atoms with Crippen molar-refractivity contribution in [3.63, 3.8) is 0 Å². The maximum Gasteiger partial charge on any atom is 0.317 e. The Kier molecular flexibility index (Phi) is 6.57. The molecular formula is C20H26O3. The number of allylic oxidation sites excluding steroid dienone is 1. The molecule has 1 saturated carbocycles. The van der Waals surface area contributed by atoms with E-state index in [4.69, 9.17) is 4.74 Å². The van der Waals surface area contributed by atoms with Crippen molar-refractivity contribution >= 4 is 11.8 Å². The molecule has 0 N–H and O–H groups in total. The van der Waals surface area contributed by atoms with Gasteiger partial charge in [0.05, 0.1) is 6.61 Å². The first-order chi connectivity index (χ1) is 11.2. The number of rotatable bonds is 7. The summed E-state index contributed by atoms with van der Waals surface area (Å²) in [6, 6.07) is 9.02. The average molecular weight is 314 g/mol. The molecular weight excluding hydrogens is 288 g/mol. The molecule has 0 unspecified atom stereocenters. The highest BCUT2D eigenvalue weighted by molar-refractivity contribution is 6.09. The zero-order chi connectivity index (χ0) is 16.7. The number of Topliss-reactive ketones (excluding diaryl/α,β-unsaturated/α-hetero) is 1. The van der Waals surface area contributed by atoms with Gasteiger partial charge >= 0.3 is 5.97 Å². The molecule has 1 fully saturated rings. The number of hydrogen-bond acceptors (Lipinski definition) is 3. The minimum atomic E-state index is -0.780. The van der Waals surface area contributed by atoms with E-state index in [1.165, 1.54) is 6.42 Å². The highest BCUT2D eigenvalue weighted by atomic mass is 16.5. The molecule has 0 saturated heterocycles. The molecule has 124 valence electrons. The molecule has 2 atom stereocenters. The first-order valence-corrected chi connectivity index (χ1v) is 8.57. The molecule has 1 aromatic carbocycles.